The average molecular weight is 278 g/mol. The first kappa shape index (κ1) is 14.5. The molecule has 0 saturated heterocycles. The Morgan fingerprint density at radius 2 is 2.00 bits per heavy atom. The van der Waals surface area contributed by atoms with Gasteiger partial charge in [0.25, 0.3) is 0 Å². The lowest BCUT2D eigenvalue weighted by Gasteiger charge is -2.03. The van der Waals surface area contributed by atoms with Crippen LogP contribution in [0.5, 0.6) is 0 Å². The van der Waals surface area contributed by atoms with E-state index in [1.54, 1.807) is 54.6 Å². The summed E-state index contributed by atoms with van der Waals surface area (Å²) in [5, 5.41) is 20.5. The maximum atomic E-state index is 11.8. The topological polar surface area (TPSA) is 73.1 Å². The molecular formula is C17H14N2O2. The van der Waals surface area contributed by atoms with Gasteiger partial charge >= 0.3 is 0 Å². The van der Waals surface area contributed by atoms with Crippen LogP contribution in [0.25, 0.3) is 6.08 Å². The van der Waals surface area contributed by atoms with Crippen molar-refractivity contribution in [3.05, 3.63) is 71.3 Å². The molecule has 2 aromatic rings. The molecule has 0 aromatic heterocycles. The Labute approximate surface area is 123 Å². The molecule has 0 atom stereocenters. The third-order valence-corrected chi connectivity index (χ3v) is 2.84. The summed E-state index contributed by atoms with van der Waals surface area (Å²) in [5.74, 6) is -0.255. The van der Waals surface area contributed by atoms with E-state index in [1.165, 1.54) is 6.08 Å². The van der Waals surface area contributed by atoms with Crippen LogP contribution < -0.4 is 5.32 Å². The van der Waals surface area contributed by atoms with E-state index in [2.05, 4.69) is 5.32 Å². The van der Waals surface area contributed by atoms with Gasteiger partial charge in [0.1, 0.15) is 0 Å². The minimum atomic E-state index is -0.255. The Morgan fingerprint density at radius 1 is 1.24 bits per heavy atom. The maximum Gasteiger partial charge on any atom is 0.248 e. The van der Waals surface area contributed by atoms with Crippen LogP contribution in [0.15, 0.2) is 54.6 Å². The van der Waals surface area contributed by atoms with Crippen LogP contribution in [-0.2, 0) is 11.4 Å². The van der Waals surface area contributed by atoms with Crippen molar-refractivity contribution in [1.82, 2.24) is 0 Å². The fourth-order valence-electron chi connectivity index (χ4n) is 1.77. The zero-order valence-electron chi connectivity index (χ0n) is 11.3. The Bertz CT molecular complexity index is 697. The van der Waals surface area contributed by atoms with Gasteiger partial charge in [-0.1, -0.05) is 24.3 Å². The summed E-state index contributed by atoms with van der Waals surface area (Å²) in [4.78, 5) is 11.8. The first-order chi connectivity index (χ1) is 10.2. The Kier molecular flexibility index (Phi) is 4.86. The van der Waals surface area contributed by atoms with Crippen molar-refractivity contribution in [3.63, 3.8) is 0 Å². The number of nitrogens with zero attached hydrogens (tertiary/aromatic N) is 1. The predicted molar refractivity (Wildman–Crippen MR) is 81.2 cm³/mol. The van der Waals surface area contributed by atoms with Crippen molar-refractivity contribution in [1.29, 1.82) is 5.26 Å². The number of rotatable bonds is 4. The average Bonchev–Trinajstić information content (AvgIpc) is 2.53. The lowest BCUT2D eigenvalue weighted by Crippen LogP contribution is -2.07. The van der Waals surface area contributed by atoms with Crippen LogP contribution in [0.1, 0.15) is 16.7 Å². The quantitative estimate of drug-likeness (QED) is 0.844. The van der Waals surface area contributed by atoms with Crippen molar-refractivity contribution in [3.8, 4) is 6.07 Å². The predicted octanol–water partition coefficient (Wildman–Crippen LogP) is 2.70. The molecule has 2 N–H and O–H groups in total. The van der Waals surface area contributed by atoms with E-state index >= 15 is 0 Å². The van der Waals surface area contributed by atoms with E-state index in [4.69, 9.17) is 10.4 Å². The van der Waals surface area contributed by atoms with Crippen molar-refractivity contribution < 1.29 is 9.90 Å². The smallest absolute Gasteiger partial charge is 0.248 e. The van der Waals surface area contributed by atoms with Crippen LogP contribution in [-0.4, -0.2) is 11.0 Å². The number of anilines is 1. The molecule has 4 heteroatoms. The zero-order valence-corrected chi connectivity index (χ0v) is 11.3. The van der Waals surface area contributed by atoms with Gasteiger partial charge in [0.2, 0.25) is 5.91 Å². The number of aliphatic hydroxyl groups excluding tert-OH is 1. The third kappa shape index (κ3) is 4.30. The monoisotopic (exact) mass is 278 g/mol. The highest BCUT2D eigenvalue weighted by atomic mass is 16.3. The third-order valence-electron chi connectivity index (χ3n) is 2.84. The second-order valence-corrected chi connectivity index (χ2v) is 4.41. The molecule has 0 saturated carbocycles. The van der Waals surface area contributed by atoms with Gasteiger partial charge in [-0.25, -0.2) is 0 Å². The highest BCUT2D eigenvalue weighted by Crippen LogP contribution is 2.11. The van der Waals surface area contributed by atoms with Gasteiger partial charge < -0.3 is 10.4 Å². The molecule has 0 aliphatic heterocycles. The summed E-state index contributed by atoms with van der Waals surface area (Å²) < 4.78 is 0. The highest BCUT2D eigenvalue weighted by molar-refractivity contribution is 6.01. The zero-order chi connectivity index (χ0) is 15.1. The molecule has 2 aromatic carbocycles. The van der Waals surface area contributed by atoms with E-state index in [0.717, 1.165) is 11.1 Å². The van der Waals surface area contributed by atoms with Crippen LogP contribution in [0.2, 0.25) is 0 Å². The van der Waals surface area contributed by atoms with Gasteiger partial charge in [0, 0.05) is 11.8 Å². The SMILES string of the molecule is N#Cc1ccc(/C=C/C(=O)Nc2cccc(CO)c2)cc1. The standard InChI is InChI=1S/C17H14N2O2/c18-11-14-6-4-13(5-7-14)8-9-17(21)19-16-3-1-2-15(10-16)12-20/h1-10,20H,12H2,(H,19,21)/b9-8+. The molecule has 0 aliphatic rings. The van der Waals surface area contributed by atoms with Crippen LogP contribution in [0.4, 0.5) is 5.69 Å². The van der Waals surface area contributed by atoms with Gasteiger partial charge in [-0.2, -0.15) is 5.26 Å². The summed E-state index contributed by atoms with van der Waals surface area (Å²) in [5.41, 5.74) is 2.80. The molecule has 0 fully saturated rings. The molecule has 0 aliphatic carbocycles. The van der Waals surface area contributed by atoms with Gasteiger partial charge in [-0.15, -0.1) is 0 Å². The summed E-state index contributed by atoms with van der Waals surface area (Å²) in [6.07, 6.45) is 3.10. The van der Waals surface area contributed by atoms with Gasteiger partial charge in [0.15, 0.2) is 0 Å². The lowest BCUT2D eigenvalue weighted by atomic mass is 10.1. The summed E-state index contributed by atoms with van der Waals surface area (Å²) >= 11 is 0. The fourth-order valence-corrected chi connectivity index (χ4v) is 1.77. The maximum absolute atomic E-state index is 11.8. The lowest BCUT2D eigenvalue weighted by molar-refractivity contribution is -0.111. The number of nitriles is 1. The van der Waals surface area contributed by atoms with Crippen molar-refractivity contribution in [2.24, 2.45) is 0 Å². The van der Waals surface area contributed by atoms with Crippen molar-refractivity contribution in [2.45, 2.75) is 6.61 Å². The first-order valence-corrected chi connectivity index (χ1v) is 6.40. The second-order valence-electron chi connectivity index (χ2n) is 4.41. The Hall–Kier alpha value is -2.90. The van der Waals surface area contributed by atoms with E-state index in [9.17, 15) is 4.79 Å². The second kappa shape index (κ2) is 7.04. The molecule has 2 rings (SSSR count). The van der Waals surface area contributed by atoms with Crippen molar-refractivity contribution >= 4 is 17.7 Å². The van der Waals surface area contributed by atoms with E-state index < -0.39 is 0 Å². The highest BCUT2D eigenvalue weighted by Gasteiger charge is 1.99. The number of nitrogens with one attached hydrogen (secondary N) is 1. The first-order valence-electron chi connectivity index (χ1n) is 6.40. The normalized spacial score (nSPS) is 10.3. The molecule has 21 heavy (non-hydrogen) atoms. The molecule has 0 heterocycles. The number of aliphatic hydroxyl groups is 1. The van der Waals surface area contributed by atoms with E-state index in [-0.39, 0.29) is 12.5 Å². The largest absolute Gasteiger partial charge is 0.392 e. The molecule has 1 amide bonds. The Morgan fingerprint density at radius 3 is 2.67 bits per heavy atom. The van der Waals surface area contributed by atoms with E-state index in [0.29, 0.717) is 11.3 Å². The number of hydrogen-bond donors (Lipinski definition) is 2. The number of carbonyl (C=O) groups is 1. The summed E-state index contributed by atoms with van der Waals surface area (Å²) in [7, 11) is 0. The summed E-state index contributed by atoms with van der Waals surface area (Å²) in [6.45, 7) is -0.0647. The number of amides is 1. The minimum absolute atomic E-state index is 0.0647. The molecular weight excluding hydrogens is 264 g/mol. The summed E-state index contributed by atoms with van der Waals surface area (Å²) in [6, 6.07) is 16.0. The molecule has 0 bridgehead atoms. The molecule has 0 spiro atoms. The Balaban J connectivity index is 2.00. The number of carbonyl (C=O) groups excluding carboxylic acids is 1. The van der Waals surface area contributed by atoms with Gasteiger partial charge in [-0.3, -0.25) is 4.79 Å². The van der Waals surface area contributed by atoms with Crippen LogP contribution in [0, 0.1) is 11.3 Å². The minimum Gasteiger partial charge on any atom is -0.392 e. The van der Waals surface area contributed by atoms with Crippen LogP contribution >= 0.6 is 0 Å². The van der Waals surface area contributed by atoms with Crippen LogP contribution in [0.3, 0.4) is 0 Å². The molecule has 0 unspecified atom stereocenters. The number of hydrogen-bond acceptors (Lipinski definition) is 3. The number of benzene rings is 2. The fraction of sp³-hybridized carbons (Fsp3) is 0.0588. The molecule has 104 valence electrons. The van der Waals surface area contributed by atoms with Gasteiger partial charge in [0.05, 0.1) is 18.2 Å². The molecule has 4 nitrogen and oxygen atoms in total. The van der Waals surface area contributed by atoms with Gasteiger partial charge in [-0.05, 0) is 41.5 Å². The van der Waals surface area contributed by atoms with E-state index in [1.807, 2.05) is 6.07 Å². The molecule has 0 radical (unpaired) electrons. The van der Waals surface area contributed by atoms with Crippen molar-refractivity contribution in [2.75, 3.05) is 5.32 Å².